The lowest BCUT2D eigenvalue weighted by molar-refractivity contribution is 0.0996. The number of ether oxygens (including phenoxy) is 1. The summed E-state index contributed by atoms with van der Waals surface area (Å²) >= 11 is 0. The van der Waals surface area contributed by atoms with Crippen LogP contribution in [0, 0.1) is 0 Å². The van der Waals surface area contributed by atoms with E-state index in [0.717, 1.165) is 5.75 Å². The highest BCUT2D eigenvalue weighted by Crippen LogP contribution is 2.44. The first kappa shape index (κ1) is 17.3. The van der Waals surface area contributed by atoms with Crippen molar-refractivity contribution in [2.45, 2.75) is 51.2 Å². The highest BCUT2D eigenvalue weighted by atomic mass is 35.5. The molecule has 3 nitrogen and oxygen atoms in total. The molecule has 1 aromatic carbocycles. The normalized spacial score (nSPS) is 16.4. The van der Waals surface area contributed by atoms with E-state index < -0.39 is 6.10 Å². The fraction of sp³-hybridized carbons (Fsp3) is 0.625. The lowest BCUT2D eigenvalue weighted by Gasteiger charge is -2.23. The van der Waals surface area contributed by atoms with Crippen LogP contribution in [0.3, 0.4) is 0 Å². The van der Waals surface area contributed by atoms with Gasteiger partial charge in [0, 0.05) is 12.1 Å². The molecule has 0 bridgehead atoms. The minimum Gasteiger partial charge on any atom is -0.491 e. The third-order valence-corrected chi connectivity index (χ3v) is 3.24. The standard InChI is InChI=1S/C16H25NO2.ClH/c1-16(2,3)17-10-13(18)11-19-15-7-5-4-6-14(15)12-8-9-12;/h4-7,12-13,17-18H,8-11H2,1-3H3;1H. The molecule has 4 heteroatoms. The minimum absolute atomic E-state index is 0. The fourth-order valence-corrected chi connectivity index (χ4v) is 2.01. The van der Waals surface area contributed by atoms with Gasteiger partial charge in [0.25, 0.3) is 0 Å². The molecule has 1 atom stereocenters. The first-order chi connectivity index (χ1) is 8.96. The van der Waals surface area contributed by atoms with Crippen LogP contribution in [0.25, 0.3) is 0 Å². The smallest absolute Gasteiger partial charge is 0.122 e. The number of para-hydroxylation sites is 1. The molecule has 0 heterocycles. The summed E-state index contributed by atoms with van der Waals surface area (Å²) < 4.78 is 5.78. The maximum absolute atomic E-state index is 9.93. The molecule has 114 valence electrons. The van der Waals surface area contributed by atoms with Crippen molar-refractivity contribution in [3.63, 3.8) is 0 Å². The van der Waals surface area contributed by atoms with Gasteiger partial charge in [-0.05, 0) is 51.2 Å². The maximum Gasteiger partial charge on any atom is 0.122 e. The van der Waals surface area contributed by atoms with E-state index in [1.807, 2.05) is 12.1 Å². The minimum atomic E-state index is -0.480. The fourth-order valence-electron chi connectivity index (χ4n) is 2.01. The van der Waals surface area contributed by atoms with E-state index in [1.165, 1.54) is 18.4 Å². The summed E-state index contributed by atoms with van der Waals surface area (Å²) in [6.07, 6.45) is 2.04. The molecule has 2 N–H and O–H groups in total. The predicted octanol–water partition coefficient (Wildman–Crippen LogP) is 3.11. The molecule has 2 rings (SSSR count). The third kappa shape index (κ3) is 5.70. The van der Waals surface area contributed by atoms with Crippen LogP contribution in [0.4, 0.5) is 0 Å². The van der Waals surface area contributed by atoms with Crippen LogP contribution in [0.2, 0.25) is 0 Å². The van der Waals surface area contributed by atoms with Crippen LogP contribution in [0.5, 0.6) is 5.75 Å². The Hall–Kier alpha value is -0.770. The Bertz CT molecular complexity index is 413. The van der Waals surface area contributed by atoms with Crippen molar-refractivity contribution in [1.82, 2.24) is 5.32 Å². The van der Waals surface area contributed by atoms with Crippen LogP contribution in [0.15, 0.2) is 24.3 Å². The van der Waals surface area contributed by atoms with Gasteiger partial charge in [-0.1, -0.05) is 18.2 Å². The molecule has 0 amide bonds. The Morgan fingerprint density at radius 1 is 1.30 bits per heavy atom. The number of aliphatic hydroxyl groups is 1. The SMILES string of the molecule is CC(C)(C)NCC(O)COc1ccccc1C1CC1.Cl. The first-order valence-corrected chi connectivity index (χ1v) is 7.10. The lowest BCUT2D eigenvalue weighted by atomic mass is 10.1. The molecular weight excluding hydrogens is 274 g/mol. The summed E-state index contributed by atoms with van der Waals surface area (Å²) in [6.45, 7) is 7.15. The second kappa shape index (κ2) is 7.30. The van der Waals surface area contributed by atoms with Crippen molar-refractivity contribution >= 4 is 12.4 Å². The summed E-state index contributed by atoms with van der Waals surface area (Å²) in [5, 5.41) is 13.2. The third-order valence-electron chi connectivity index (χ3n) is 3.24. The van der Waals surface area contributed by atoms with Gasteiger partial charge in [0.1, 0.15) is 18.5 Å². The van der Waals surface area contributed by atoms with Crippen molar-refractivity contribution in [2.24, 2.45) is 0 Å². The van der Waals surface area contributed by atoms with Crippen LogP contribution in [-0.2, 0) is 0 Å². The number of nitrogens with one attached hydrogen (secondary N) is 1. The van der Waals surface area contributed by atoms with Crippen LogP contribution >= 0.6 is 12.4 Å². The van der Waals surface area contributed by atoms with Gasteiger partial charge in [-0.3, -0.25) is 0 Å². The zero-order valence-electron chi connectivity index (χ0n) is 12.6. The molecule has 0 saturated heterocycles. The second-order valence-corrected chi connectivity index (χ2v) is 6.41. The molecule has 1 fully saturated rings. The van der Waals surface area contributed by atoms with Gasteiger partial charge in [0.2, 0.25) is 0 Å². The van der Waals surface area contributed by atoms with E-state index in [9.17, 15) is 5.11 Å². The second-order valence-electron chi connectivity index (χ2n) is 6.41. The van der Waals surface area contributed by atoms with E-state index >= 15 is 0 Å². The topological polar surface area (TPSA) is 41.5 Å². The van der Waals surface area contributed by atoms with E-state index in [0.29, 0.717) is 19.1 Å². The molecule has 0 aliphatic heterocycles. The predicted molar refractivity (Wildman–Crippen MR) is 84.9 cm³/mol. The van der Waals surface area contributed by atoms with Crippen LogP contribution in [0.1, 0.15) is 45.1 Å². The molecule has 20 heavy (non-hydrogen) atoms. The number of hydrogen-bond acceptors (Lipinski definition) is 3. The molecular formula is C16H26ClNO2. The molecule has 1 saturated carbocycles. The first-order valence-electron chi connectivity index (χ1n) is 7.10. The Labute approximate surface area is 128 Å². The molecule has 0 radical (unpaired) electrons. The Morgan fingerprint density at radius 2 is 1.95 bits per heavy atom. The van der Waals surface area contributed by atoms with E-state index in [4.69, 9.17) is 4.74 Å². The van der Waals surface area contributed by atoms with Crippen molar-refractivity contribution in [3.8, 4) is 5.75 Å². The van der Waals surface area contributed by atoms with Crippen molar-refractivity contribution in [1.29, 1.82) is 0 Å². The van der Waals surface area contributed by atoms with Gasteiger partial charge in [0.05, 0.1) is 0 Å². The zero-order chi connectivity index (χ0) is 13.9. The monoisotopic (exact) mass is 299 g/mol. The van der Waals surface area contributed by atoms with E-state index in [2.05, 4.69) is 38.2 Å². The zero-order valence-corrected chi connectivity index (χ0v) is 13.4. The average molecular weight is 300 g/mol. The van der Waals surface area contributed by atoms with Gasteiger partial charge < -0.3 is 15.2 Å². The quantitative estimate of drug-likeness (QED) is 0.848. The van der Waals surface area contributed by atoms with Gasteiger partial charge in [-0.15, -0.1) is 12.4 Å². The molecule has 0 aromatic heterocycles. The highest BCUT2D eigenvalue weighted by Gasteiger charge is 2.26. The molecule has 1 aliphatic rings. The number of β-amino-alcohol motifs (C(OH)–C–C–N with tert-alkyl or cyclic N) is 1. The Kier molecular flexibility index (Phi) is 6.31. The van der Waals surface area contributed by atoms with E-state index in [-0.39, 0.29) is 17.9 Å². The van der Waals surface area contributed by atoms with Crippen molar-refractivity contribution in [3.05, 3.63) is 29.8 Å². The van der Waals surface area contributed by atoms with E-state index in [1.54, 1.807) is 0 Å². The number of rotatable bonds is 6. The van der Waals surface area contributed by atoms with Gasteiger partial charge in [0.15, 0.2) is 0 Å². The summed E-state index contributed by atoms with van der Waals surface area (Å²) in [4.78, 5) is 0. The largest absolute Gasteiger partial charge is 0.491 e. The molecule has 1 aliphatic carbocycles. The summed E-state index contributed by atoms with van der Waals surface area (Å²) in [7, 11) is 0. The highest BCUT2D eigenvalue weighted by molar-refractivity contribution is 5.85. The Balaban J connectivity index is 0.00000200. The molecule has 1 unspecified atom stereocenters. The number of hydrogen-bond donors (Lipinski definition) is 2. The van der Waals surface area contributed by atoms with Crippen LogP contribution < -0.4 is 10.1 Å². The maximum atomic E-state index is 9.93. The number of halogens is 1. The molecule has 1 aromatic rings. The average Bonchev–Trinajstić information content (AvgIpc) is 3.17. The van der Waals surface area contributed by atoms with Gasteiger partial charge in [-0.25, -0.2) is 0 Å². The van der Waals surface area contributed by atoms with Gasteiger partial charge in [-0.2, -0.15) is 0 Å². The lowest BCUT2D eigenvalue weighted by Crippen LogP contribution is -2.42. The van der Waals surface area contributed by atoms with Crippen molar-refractivity contribution in [2.75, 3.05) is 13.2 Å². The summed E-state index contributed by atoms with van der Waals surface area (Å²) in [5.74, 6) is 1.60. The van der Waals surface area contributed by atoms with Crippen LogP contribution in [-0.4, -0.2) is 29.9 Å². The number of benzene rings is 1. The Morgan fingerprint density at radius 3 is 2.55 bits per heavy atom. The number of aliphatic hydroxyl groups excluding tert-OH is 1. The van der Waals surface area contributed by atoms with Crippen molar-refractivity contribution < 1.29 is 9.84 Å². The summed E-state index contributed by atoms with van der Waals surface area (Å²) in [5.41, 5.74) is 1.31. The molecule has 0 spiro atoms. The van der Waals surface area contributed by atoms with Gasteiger partial charge >= 0.3 is 0 Å². The summed E-state index contributed by atoms with van der Waals surface area (Å²) in [6, 6.07) is 8.17.